The summed E-state index contributed by atoms with van der Waals surface area (Å²) in [4.78, 5) is 17.4. The maximum absolute atomic E-state index is 12.9. The van der Waals surface area contributed by atoms with E-state index in [4.69, 9.17) is 0 Å². The van der Waals surface area contributed by atoms with Gasteiger partial charge in [-0.1, -0.05) is 31.0 Å². The van der Waals surface area contributed by atoms with Crippen molar-refractivity contribution in [2.24, 2.45) is 0 Å². The largest absolute Gasteiger partial charge is 0.307 e. The Morgan fingerprint density at radius 2 is 1.86 bits per heavy atom. The number of likely N-dealkylation sites (tertiary alicyclic amines) is 1. The summed E-state index contributed by atoms with van der Waals surface area (Å²) < 4.78 is 0. The molecule has 1 aliphatic carbocycles. The number of carbonyl (C=O) groups is 1. The van der Waals surface area contributed by atoms with Crippen molar-refractivity contribution in [3.05, 3.63) is 29.8 Å². The van der Waals surface area contributed by atoms with Gasteiger partial charge in [-0.05, 0) is 50.4 Å². The molecule has 2 heterocycles. The maximum Gasteiger partial charge on any atom is 0.241 e. The van der Waals surface area contributed by atoms with Crippen LogP contribution in [0.15, 0.2) is 24.3 Å². The van der Waals surface area contributed by atoms with Crippen LogP contribution >= 0.6 is 0 Å². The summed E-state index contributed by atoms with van der Waals surface area (Å²) in [5.74, 6) is 0.908. The lowest BCUT2D eigenvalue weighted by molar-refractivity contribution is -0.120. The number of carbonyl (C=O) groups excluding carboxylic acids is 1. The predicted octanol–water partition coefficient (Wildman–Crippen LogP) is 3.16. The summed E-state index contributed by atoms with van der Waals surface area (Å²) in [5, 5.41) is 0. The van der Waals surface area contributed by atoms with Crippen molar-refractivity contribution in [3.8, 4) is 0 Å². The van der Waals surface area contributed by atoms with Crippen LogP contribution in [0.25, 0.3) is 0 Å². The molecule has 2 fully saturated rings. The molecule has 0 radical (unpaired) electrons. The van der Waals surface area contributed by atoms with E-state index in [1.54, 1.807) is 0 Å². The molecule has 1 aromatic carbocycles. The van der Waals surface area contributed by atoms with Gasteiger partial charge in [-0.3, -0.25) is 9.69 Å². The topological polar surface area (TPSA) is 23.6 Å². The fourth-order valence-electron chi connectivity index (χ4n) is 4.52. The third kappa shape index (κ3) is 2.28. The Bertz CT molecular complexity index is 536. The van der Waals surface area contributed by atoms with Crippen LogP contribution in [0.4, 0.5) is 5.69 Å². The van der Waals surface area contributed by atoms with E-state index in [2.05, 4.69) is 34.1 Å². The summed E-state index contributed by atoms with van der Waals surface area (Å²) in [5.41, 5.74) is 2.60. The zero-order chi connectivity index (χ0) is 14.2. The van der Waals surface area contributed by atoms with Crippen molar-refractivity contribution in [3.63, 3.8) is 0 Å². The van der Waals surface area contributed by atoms with Crippen LogP contribution in [0.3, 0.4) is 0 Å². The minimum atomic E-state index is 0.318. The number of piperidine rings is 1. The van der Waals surface area contributed by atoms with Crippen LogP contribution in [-0.4, -0.2) is 36.5 Å². The van der Waals surface area contributed by atoms with Gasteiger partial charge in [0.15, 0.2) is 0 Å². The second-order valence-corrected chi connectivity index (χ2v) is 6.76. The van der Waals surface area contributed by atoms with Crippen LogP contribution in [-0.2, 0) is 4.79 Å². The normalized spacial score (nSPS) is 28.5. The van der Waals surface area contributed by atoms with Gasteiger partial charge < -0.3 is 4.90 Å². The fourth-order valence-corrected chi connectivity index (χ4v) is 4.52. The highest BCUT2D eigenvalue weighted by Crippen LogP contribution is 2.49. The van der Waals surface area contributed by atoms with Gasteiger partial charge in [0, 0.05) is 17.6 Å². The average Bonchev–Trinajstić information content (AvgIpc) is 3.08. The number of hydrogen-bond donors (Lipinski definition) is 0. The SMILES string of the molecule is O=C(CN1CCCCC1)N1c2ccccc2C2CCCC21. The van der Waals surface area contributed by atoms with Gasteiger partial charge in [0.05, 0.1) is 6.54 Å². The van der Waals surface area contributed by atoms with Gasteiger partial charge in [0.2, 0.25) is 5.91 Å². The van der Waals surface area contributed by atoms with E-state index in [9.17, 15) is 4.79 Å². The molecule has 21 heavy (non-hydrogen) atoms. The molecule has 112 valence electrons. The van der Waals surface area contributed by atoms with E-state index in [1.165, 1.54) is 49.8 Å². The lowest BCUT2D eigenvalue weighted by atomic mass is 9.98. The number of para-hydroxylation sites is 1. The smallest absolute Gasteiger partial charge is 0.241 e. The summed E-state index contributed by atoms with van der Waals surface area (Å²) in [6.45, 7) is 2.79. The monoisotopic (exact) mass is 284 g/mol. The Hall–Kier alpha value is -1.35. The summed E-state index contributed by atoms with van der Waals surface area (Å²) >= 11 is 0. The Balaban J connectivity index is 1.57. The molecule has 0 spiro atoms. The zero-order valence-corrected chi connectivity index (χ0v) is 12.6. The number of rotatable bonds is 2. The quantitative estimate of drug-likeness (QED) is 0.833. The lowest BCUT2D eigenvalue weighted by Crippen LogP contribution is -2.45. The minimum absolute atomic E-state index is 0.318. The first-order valence-electron chi connectivity index (χ1n) is 8.48. The van der Waals surface area contributed by atoms with Crippen LogP contribution in [0, 0.1) is 0 Å². The first kappa shape index (κ1) is 13.3. The number of hydrogen-bond acceptors (Lipinski definition) is 2. The predicted molar refractivity (Wildman–Crippen MR) is 84.6 cm³/mol. The number of amides is 1. The molecule has 0 bridgehead atoms. The fraction of sp³-hybridized carbons (Fsp3) is 0.611. The summed E-state index contributed by atoms with van der Waals surface area (Å²) in [7, 11) is 0. The van der Waals surface area contributed by atoms with Gasteiger partial charge in [-0.15, -0.1) is 0 Å². The first-order valence-corrected chi connectivity index (χ1v) is 8.48. The van der Waals surface area contributed by atoms with Crippen molar-refractivity contribution in [2.75, 3.05) is 24.5 Å². The number of nitrogens with zero attached hydrogens (tertiary/aromatic N) is 2. The Kier molecular flexibility index (Phi) is 3.46. The Morgan fingerprint density at radius 1 is 1.05 bits per heavy atom. The van der Waals surface area contributed by atoms with Crippen LogP contribution < -0.4 is 4.90 Å². The van der Waals surface area contributed by atoms with Crippen molar-refractivity contribution < 1.29 is 4.79 Å². The lowest BCUT2D eigenvalue weighted by Gasteiger charge is -2.30. The highest BCUT2D eigenvalue weighted by atomic mass is 16.2. The highest BCUT2D eigenvalue weighted by Gasteiger charge is 2.43. The molecule has 1 saturated carbocycles. The second-order valence-electron chi connectivity index (χ2n) is 6.76. The minimum Gasteiger partial charge on any atom is -0.307 e. The average molecular weight is 284 g/mol. The molecule has 1 amide bonds. The van der Waals surface area contributed by atoms with Crippen LogP contribution in [0.1, 0.15) is 50.0 Å². The van der Waals surface area contributed by atoms with Crippen molar-refractivity contribution >= 4 is 11.6 Å². The third-order valence-corrected chi connectivity index (χ3v) is 5.48. The molecule has 3 aliphatic rings. The van der Waals surface area contributed by atoms with Gasteiger partial charge in [0.1, 0.15) is 0 Å². The standard InChI is InChI=1S/C18H24N2O/c21-18(13-19-11-4-1-5-12-19)20-16-9-3-2-7-14(16)15-8-6-10-17(15)20/h2-3,7,9,15,17H,1,4-6,8,10-13H2. The van der Waals surface area contributed by atoms with Gasteiger partial charge >= 0.3 is 0 Å². The second kappa shape index (κ2) is 5.45. The molecule has 1 saturated heterocycles. The molecular weight excluding hydrogens is 260 g/mol. The molecule has 0 aromatic heterocycles. The number of fused-ring (bicyclic) bond motifs is 3. The van der Waals surface area contributed by atoms with Gasteiger partial charge in [0.25, 0.3) is 0 Å². The molecule has 2 atom stereocenters. The first-order chi connectivity index (χ1) is 10.3. The zero-order valence-electron chi connectivity index (χ0n) is 12.6. The molecule has 2 unspecified atom stereocenters. The van der Waals surface area contributed by atoms with Gasteiger partial charge in [-0.25, -0.2) is 0 Å². The maximum atomic E-state index is 12.9. The Morgan fingerprint density at radius 3 is 2.71 bits per heavy atom. The van der Waals surface area contributed by atoms with E-state index in [-0.39, 0.29) is 0 Å². The highest BCUT2D eigenvalue weighted by molar-refractivity contribution is 5.98. The van der Waals surface area contributed by atoms with Crippen molar-refractivity contribution in [1.82, 2.24) is 4.90 Å². The van der Waals surface area contributed by atoms with E-state index in [0.29, 0.717) is 24.4 Å². The Labute approximate surface area is 126 Å². The van der Waals surface area contributed by atoms with Crippen molar-refractivity contribution in [1.29, 1.82) is 0 Å². The molecule has 3 heteroatoms. The van der Waals surface area contributed by atoms with Gasteiger partial charge in [-0.2, -0.15) is 0 Å². The number of anilines is 1. The van der Waals surface area contributed by atoms with E-state index < -0.39 is 0 Å². The van der Waals surface area contributed by atoms with E-state index in [1.807, 2.05) is 0 Å². The third-order valence-electron chi connectivity index (χ3n) is 5.48. The number of benzene rings is 1. The van der Waals surface area contributed by atoms with E-state index >= 15 is 0 Å². The summed E-state index contributed by atoms with van der Waals surface area (Å²) in [6, 6.07) is 8.99. The summed E-state index contributed by atoms with van der Waals surface area (Å²) in [6.07, 6.45) is 7.49. The van der Waals surface area contributed by atoms with Crippen LogP contribution in [0.2, 0.25) is 0 Å². The van der Waals surface area contributed by atoms with Crippen LogP contribution in [0.5, 0.6) is 0 Å². The molecule has 4 rings (SSSR count). The van der Waals surface area contributed by atoms with E-state index in [0.717, 1.165) is 13.1 Å². The van der Waals surface area contributed by atoms with Crippen molar-refractivity contribution in [2.45, 2.75) is 50.5 Å². The molecule has 2 aliphatic heterocycles. The molecule has 0 N–H and O–H groups in total. The molecular formula is C18H24N2O. The molecule has 3 nitrogen and oxygen atoms in total. The molecule has 1 aromatic rings.